The van der Waals surface area contributed by atoms with Crippen molar-refractivity contribution in [1.29, 1.82) is 0 Å². The first-order valence-electron chi connectivity index (χ1n) is 11.6. The van der Waals surface area contributed by atoms with Crippen molar-refractivity contribution < 1.29 is 33.5 Å². The minimum Gasteiger partial charge on any atom is -0.481 e. The molecule has 0 bridgehead atoms. The summed E-state index contributed by atoms with van der Waals surface area (Å²) in [6, 6.07) is 13.0. The summed E-state index contributed by atoms with van der Waals surface area (Å²) < 4.78 is 5.97. The highest BCUT2D eigenvalue weighted by atomic mass is 16.5. The van der Waals surface area contributed by atoms with Crippen molar-refractivity contribution in [2.75, 3.05) is 0 Å². The molecule has 0 saturated heterocycles. The van der Waals surface area contributed by atoms with Gasteiger partial charge in [-0.2, -0.15) is 0 Å². The Morgan fingerprint density at radius 3 is 2.43 bits per heavy atom. The Balaban J connectivity index is 1.38. The van der Waals surface area contributed by atoms with E-state index in [0.29, 0.717) is 11.3 Å². The van der Waals surface area contributed by atoms with Gasteiger partial charge in [-0.3, -0.25) is 23.7 Å². The highest BCUT2D eigenvalue weighted by Gasteiger charge is 2.23. The van der Waals surface area contributed by atoms with Crippen molar-refractivity contribution >= 4 is 34.3 Å². The maximum absolute atomic E-state index is 12.8. The lowest BCUT2D eigenvalue weighted by Crippen LogP contribution is -2.42. The number of aromatic nitrogens is 3. The van der Waals surface area contributed by atoms with Crippen LogP contribution in [0.5, 0.6) is 0 Å². The molecule has 0 aliphatic carbocycles. The molecular formula is C26H25N4O7+. The normalized spacial score (nSPS) is 11.8. The molecule has 11 heteroatoms. The minimum absolute atomic E-state index is 0.0794. The molecule has 2 aromatic heterocycles. The number of carboxylic acids is 1. The number of fused-ring (bicyclic) bond motifs is 1. The van der Waals surface area contributed by atoms with Crippen molar-refractivity contribution in [3.8, 4) is 5.69 Å². The van der Waals surface area contributed by atoms with Crippen LogP contribution in [0.2, 0.25) is 0 Å². The topological polar surface area (TPSA) is 166 Å². The average molecular weight is 506 g/mol. The SMILES string of the molecule is O=C(O)CCC(=O)C(Cc1c[nH]c2ccccc12)NC(=O)CCC(=O)c1ccc(-[n+]2cc(=O)o[nH]2)cc1. The predicted octanol–water partition coefficient (Wildman–Crippen LogP) is 1.85. The number of para-hydroxylation sites is 1. The molecule has 2 aromatic carbocycles. The third-order valence-corrected chi connectivity index (χ3v) is 5.93. The summed E-state index contributed by atoms with van der Waals surface area (Å²) in [6.07, 6.45) is 2.40. The Kier molecular flexibility index (Phi) is 7.72. The maximum Gasteiger partial charge on any atom is 0.427 e. The van der Waals surface area contributed by atoms with Gasteiger partial charge in [0.25, 0.3) is 6.20 Å². The molecule has 1 amide bonds. The van der Waals surface area contributed by atoms with Gasteiger partial charge < -0.3 is 15.4 Å². The van der Waals surface area contributed by atoms with Crippen molar-refractivity contribution in [2.24, 2.45) is 0 Å². The molecule has 11 nitrogen and oxygen atoms in total. The van der Waals surface area contributed by atoms with Crippen molar-refractivity contribution in [1.82, 2.24) is 15.6 Å². The van der Waals surface area contributed by atoms with Crippen LogP contribution in [-0.2, 0) is 20.8 Å². The zero-order chi connectivity index (χ0) is 26.4. The summed E-state index contributed by atoms with van der Waals surface area (Å²) in [5.41, 5.74) is 2.12. The number of nitrogens with one attached hydrogen (secondary N) is 3. The molecule has 4 rings (SSSR count). The molecule has 1 unspecified atom stereocenters. The van der Waals surface area contributed by atoms with Crippen molar-refractivity contribution in [3.63, 3.8) is 0 Å². The Morgan fingerprint density at radius 1 is 0.973 bits per heavy atom. The van der Waals surface area contributed by atoms with Gasteiger partial charge in [-0.05, 0) is 33.7 Å². The molecule has 0 aliphatic rings. The number of benzene rings is 2. The second-order valence-corrected chi connectivity index (χ2v) is 8.53. The van der Waals surface area contributed by atoms with Crippen LogP contribution in [0.4, 0.5) is 0 Å². The van der Waals surface area contributed by atoms with Crippen molar-refractivity contribution in [2.45, 2.75) is 38.1 Å². The number of ketones is 2. The van der Waals surface area contributed by atoms with Crippen LogP contribution in [0.1, 0.15) is 41.6 Å². The van der Waals surface area contributed by atoms with E-state index >= 15 is 0 Å². The number of carbonyl (C=O) groups excluding carboxylic acids is 3. The summed E-state index contributed by atoms with van der Waals surface area (Å²) in [5, 5.41) is 15.0. The van der Waals surface area contributed by atoms with Gasteiger partial charge in [0, 0.05) is 60.5 Å². The van der Waals surface area contributed by atoms with Gasteiger partial charge in [-0.1, -0.05) is 18.2 Å². The van der Waals surface area contributed by atoms with Gasteiger partial charge in [-0.15, -0.1) is 0 Å². The number of hydrogen-bond acceptors (Lipinski definition) is 6. The molecule has 4 N–H and O–H groups in total. The lowest BCUT2D eigenvalue weighted by Gasteiger charge is -2.17. The summed E-state index contributed by atoms with van der Waals surface area (Å²) in [5.74, 6) is -2.24. The number of aromatic amines is 2. The number of H-pyrrole nitrogens is 2. The largest absolute Gasteiger partial charge is 0.481 e. The monoisotopic (exact) mass is 505 g/mol. The smallest absolute Gasteiger partial charge is 0.427 e. The van der Waals surface area contributed by atoms with Crippen LogP contribution in [0.15, 0.2) is 70.2 Å². The Bertz CT molecular complexity index is 1500. The zero-order valence-electron chi connectivity index (χ0n) is 19.7. The van der Waals surface area contributed by atoms with E-state index < -0.39 is 29.3 Å². The Labute approximate surface area is 210 Å². The number of aliphatic carboxylic acids is 1. The van der Waals surface area contributed by atoms with E-state index in [4.69, 9.17) is 5.11 Å². The number of amides is 1. The molecular weight excluding hydrogens is 480 g/mol. The van der Waals surface area contributed by atoms with Crippen molar-refractivity contribution in [3.05, 3.63) is 82.5 Å². The molecule has 2 heterocycles. The molecule has 4 aromatic rings. The molecule has 0 fully saturated rings. The van der Waals surface area contributed by atoms with Crippen LogP contribution in [0.25, 0.3) is 16.6 Å². The van der Waals surface area contributed by atoms with E-state index in [1.54, 1.807) is 30.5 Å². The van der Waals surface area contributed by atoms with E-state index in [0.717, 1.165) is 16.5 Å². The summed E-state index contributed by atoms with van der Waals surface area (Å²) in [4.78, 5) is 63.3. The van der Waals surface area contributed by atoms with E-state index in [9.17, 15) is 24.0 Å². The number of nitrogens with zero attached hydrogens (tertiary/aromatic N) is 1. The fourth-order valence-electron chi connectivity index (χ4n) is 4.00. The highest BCUT2D eigenvalue weighted by Crippen LogP contribution is 2.20. The fraction of sp³-hybridized carbons (Fsp3) is 0.231. The number of Topliss-reactive ketones (excluding diaryl/α,β-unsaturated/α-hetero) is 2. The van der Waals surface area contributed by atoms with Crippen LogP contribution in [-0.4, -0.2) is 44.8 Å². The molecule has 0 saturated carbocycles. The maximum atomic E-state index is 12.8. The van der Waals surface area contributed by atoms with Gasteiger partial charge in [0.1, 0.15) is 0 Å². The standard InChI is InChI=1S/C26H24N4O7/c31-22(16-5-7-18(8-6-16)30-15-26(36)37-29-30)9-11-24(33)28-21(23(32)10-12-25(34)35)13-17-14-27-20-4-2-1-3-19(17)20/h1-8,14-15,21,27H,9-13H2,(H2-,28,29,33,34,35,36)/p+1. The number of carbonyl (C=O) groups is 4. The number of carboxylic acid groups (broad SMARTS) is 1. The van der Waals surface area contributed by atoms with Gasteiger partial charge in [0.15, 0.2) is 11.6 Å². The van der Waals surface area contributed by atoms with Gasteiger partial charge >= 0.3 is 11.6 Å². The minimum atomic E-state index is -1.10. The van der Waals surface area contributed by atoms with E-state index in [-0.39, 0.29) is 37.9 Å². The summed E-state index contributed by atoms with van der Waals surface area (Å²) in [7, 11) is 0. The molecule has 0 spiro atoms. The third kappa shape index (κ3) is 6.45. The van der Waals surface area contributed by atoms with Gasteiger partial charge in [0.05, 0.1) is 12.5 Å². The lowest BCUT2D eigenvalue weighted by atomic mass is 9.98. The Hall–Kier alpha value is -4.80. The number of rotatable bonds is 12. The quantitative estimate of drug-likeness (QED) is 0.168. The summed E-state index contributed by atoms with van der Waals surface area (Å²) >= 11 is 0. The average Bonchev–Trinajstić information content (AvgIpc) is 3.51. The molecule has 0 radical (unpaired) electrons. The Morgan fingerprint density at radius 2 is 1.73 bits per heavy atom. The first-order chi connectivity index (χ1) is 17.8. The molecule has 190 valence electrons. The third-order valence-electron chi connectivity index (χ3n) is 5.93. The van der Waals surface area contributed by atoms with Gasteiger partial charge in [0.2, 0.25) is 11.6 Å². The lowest BCUT2D eigenvalue weighted by molar-refractivity contribution is -0.670. The first-order valence-corrected chi connectivity index (χ1v) is 11.6. The fourth-order valence-corrected chi connectivity index (χ4v) is 4.00. The zero-order valence-corrected chi connectivity index (χ0v) is 19.7. The molecule has 1 atom stereocenters. The van der Waals surface area contributed by atoms with E-state index in [1.807, 2.05) is 24.3 Å². The van der Waals surface area contributed by atoms with Crippen LogP contribution >= 0.6 is 0 Å². The van der Waals surface area contributed by atoms with Gasteiger partial charge in [-0.25, -0.2) is 4.79 Å². The molecule has 37 heavy (non-hydrogen) atoms. The second kappa shape index (κ2) is 11.3. The van der Waals surface area contributed by atoms with E-state index in [1.165, 1.54) is 10.9 Å². The second-order valence-electron chi connectivity index (χ2n) is 8.53. The highest BCUT2D eigenvalue weighted by molar-refractivity contribution is 5.98. The van der Waals surface area contributed by atoms with Crippen LogP contribution < -0.4 is 15.6 Å². The predicted molar refractivity (Wildman–Crippen MR) is 130 cm³/mol. The first kappa shape index (κ1) is 25.3. The molecule has 0 aliphatic heterocycles. The number of hydrogen-bond donors (Lipinski definition) is 4. The van der Waals surface area contributed by atoms with Crippen LogP contribution in [0.3, 0.4) is 0 Å². The van der Waals surface area contributed by atoms with E-state index in [2.05, 4.69) is 20.1 Å². The summed E-state index contributed by atoms with van der Waals surface area (Å²) in [6.45, 7) is 0. The van der Waals surface area contributed by atoms with Crippen LogP contribution in [0, 0.1) is 0 Å².